The van der Waals surface area contributed by atoms with Crippen LogP contribution in [0.5, 0.6) is 0 Å². The molecule has 0 rings (SSSR count). The van der Waals surface area contributed by atoms with E-state index in [1.165, 1.54) is 25.7 Å². The molecule has 0 heterocycles. The zero-order valence-electron chi connectivity index (χ0n) is 7.41. The molecule has 1 heteroatoms. The van der Waals surface area contributed by atoms with Crippen molar-refractivity contribution in [2.45, 2.75) is 57.7 Å². The molecule has 0 nitrogen and oxygen atoms in total. The maximum Gasteiger partial charge on any atom is 0.0418 e. The Morgan fingerprint density at radius 2 is 1.70 bits per heavy atom. The second-order valence-corrected chi connectivity index (χ2v) is 4.18. The number of unbranched alkanes of at least 4 members (excludes halogenated alkanes) is 1. The Morgan fingerprint density at radius 1 is 1.10 bits per heavy atom. The molecule has 0 aromatic heterocycles. The minimum Gasteiger partial charge on any atom is -0.120 e. The molecule has 0 aromatic carbocycles. The molecule has 0 saturated carbocycles. The molecule has 0 aromatic rings. The first-order valence-electron chi connectivity index (χ1n) is 4.31. The molecule has 0 radical (unpaired) electrons. The van der Waals surface area contributed by atoms with Gasteiger partial charge in [0.2, 0.25) is 0 Å². The molecule has 0 amide bonds. The van der Waals surface area contributed by atoms with E-state index in [0.717, 1.165) is 6.42 Å². The predicted octanol–water partition coefficient (Wildman–Crippen LogP) is 3.97. The van der Waals surface area contributed by atoms with Crippen molar-refractivity contribution in [2.24, 2.45) is 0 Å². The van der Waals surface area contributed by atoms with Gasteiger partial charge in [0.15, 0.2) is 0 Å². The van der Waals surface area contributed by atoms with Crippen molar-refractivity contribution in [3.05, 3.63) is 0 Å². The highest BCUT2D eigenvalue weighted by Crippen LogP contribution is 2.26. The zero-order chi connectivity index (χ0) is 8.04. The quantitative estimate of drug-likeness (QED) is 0.537. The van der Waals surface area contributed by atoms with Crippen LogP contribution in [0.2, 0.25) is 0 Å². The van der Waals surface area contributed by atoms with E-state index in [-0.39, 0.29) is 4.87 Å². The second-order valence-electron chi connectivity index (χ2n) is 3.27. The lowest BCUT2D eigenvalue weighted by molar-refractivity contribution is 0.502. The molecule has 0 aliphatic heterocycles. The van der Waals surface area contributed by atoms with Crippen molar-refractivity contribution in [1.82, 2.24) is 0 Å². The SMILES string of the molecule is CCCCC(C)(Cl)CCC. The van der Waals surface area contributed by atoms with E-state index < -0.39 is 0 Å². The fourth-order valence-electron chi connectivity index (χ4n) is 1.19. The fourth-order valence-corrected chi connectivity index (χ4v) is 1.51. The van der Waals surface area contributed by atoms with E-state index >= 15 is 0 Å². The lowest BCUT2D eigenvalue weighted by Crippen LogP contribution is -2.15. The molecular formula is C9H19Cl. The number of halogens is 1. The Kier molecular flexibility index (Phi) is 5.15. The highest BCUT2D eigenvalue weighted by molar-refractivity contribution is 6.23. The van der Waals surface area contributed by atoms with Crippen molar-refractivity contribution in [3.63, 3.8) is 0 Å². The van der Waals surface area contributed by atoms with E-state index in [0.29, 0.717) is 0 Å². The van der Waals surface area contributed by atoms with Crippen molar-refractivity contribution in [1.29, 1.82) is 0 Å². The van der Waals surface area contributed by atoms with Crippen molar-refractivity contribution in [2.75, 3.05) is 0 Å². The van der Waals surface area contributed by atoms with Gasteiger partial charge in [0.1, 0.15) is 0 Å². The highest BCUT2D eigenvalue weighted by atomic mass is 35.5. The van der Waals surface area contributed by atoms with Gasteiger partial charge in [0.25, 0.3) is 0 Å². The summed E-state index contributed by atoms with van der Waals surface area (Å²) in [4.78, 5) is 0.0742. The van der Waals surface area contributed by atoms with E-state index in [2.05, 4.69) is 20.8 Å². The smallest absolute Gasteiger partial charge is 0.0418 e. The third kappa shape index (κ3) is 5.10. The normalized spacial score (nSPS) is 16.8. The van der Waals surface area contributed by atoms with Crippen LogP contribution in [0.25, 0.3) is 0 Å². The van der Waals surface area contributed by atoms with E-state index in [4.69, 9.17) is 11.6 Å². The van der Waals surface area contributed by atoms with Crippen LogP contribution in [0.15, 0.2) is 0 Å². The lowest BCUT2D eigenvalue weighted by atomic mass is 9.98. The van der Waals surface area contributed by atoms with Crippen LogP contribution >= 0.6 is 11.6 Å². The van der Waals surface area contributed by atoms with Gasteiger partial charge in [0.05, 0.1) is 0 Å². The maximum absolute atomic E-state index is 6.22. The number of hydrogen-bond donors (Lipinski definition) is 0. The van der Waals surface area contributed by atoms with Gasteiger partial charge < -0.3 is 0 Å². The molecule has 0 aliphatic rings. The van der Waals surface area contributed by atoms with Gasteiger partial charge in [-0.1, -0.05) is 33.1 Å². The topological polar surface area (TPSA) is 0 Å². The number of alkyl halides is 1. The van der Waals surface area contributed by atoms with Crippen molar-refractivity contribution < 1.29 is 0 Å². The Bertz CT molecular complexity index is 76.8. The summed E-state index contributed by atoms with van der Waals surface area (Å²) in [5.74, 6) is 0. The van der Waals surface area contributed by atoms with Crippen molar-refractivity contribution in [3.8, 4) is 0 Å². The van der Waals surface area contributed by atoms with Crippen molar-refractivity contribution >= 4 is 11.6 Å². The van der Waals surface area contributed by atoms with Crippen LogP contribution in [0.3, 0.4) is 0 Å². The maximum atomic E-state index is 6.22. The van der Waals surface area contributed by atoms with Crippen LogP contribution in [-0.4, -0.2) is 4.87 Å². The third-order valence-corrected chi connectivity index (χ3v) is 2.20. The molecule has 0 N–H and O–H groups in total. The summed E-state index contributed by atoms with van der Waals surface area (Å²) < 4.78 is 0. The summed E-state index contributed by atoms with van der Waals surface area (Å²) >= 11 is 6.22. The molecule has 1 atom stereocenters. The van der Waals surface area contributed by atoms with Gasteiger partial charge in [-0.2, -0.15) is 0 Å². The van der Waals surface area contributed by atoms with Gasteiger partial charge >= 0.3 is 0 Å². The monoisotopic (exact) mass is 162 g/mol. The van der Waals surface area contributed by atoms with E-state index in [1.807, 2.05) is 0 Å². The number of hydrogen-bond acceptors (Lipinski definition) is 0. The van der Waals surface area contributed by atoms with Gasteiger partial charge in [-0.25, -0.2) is 0 Å². The summed E-state index contributed by atoms with van der Waals surface area (Å²) in [7, 11) is 0. The van der Waals surface area contributed by atoms with Crippen LogP contribution in [0.1, 0.15) is 52.9 Å². The molecule has 10 heavy (non-hydrogen) atoms. The molecule has 0 bridgehead atoms. The third-order valence-electron chi connectivity index (χ3n) is 1.82. The minimum atomic E-state index is 0.0742. The van der Waals surface area contributed by atoms with E-state index in [1.54, 1.807) is 0 Å². The van der Waals surface area contributed by atoms with Gasteiger partial charge in [-0.15, -0.1) is 11.6 Å². The minimum absolute atomic E-state index is 0.0742. The van der Waals surface area contributed by atoms with Gasteiger partial charge in [-0.3, -0.25) is 0 Å². The second kappa shape index (κ2) is 5.01. The van der Waals surface area contributed by atoms with Crippen LogP contribution < -0.4 is 0 Å². The Balaban J connectivity index is 3.42. The molecule has 0 fully saturated rings. The first kappa shape index (κ1) is 10.3. The first-order chi connectivity index (χ1) is 4.62. The van der Waals surface area contributed by atoms with Crippen LogP contribution in [0, 0.1) is 0 Å². The van der Waals surface area contributed by atoms with Crippen LogP contribution in [0.4, 0.5) is 0 Å². The largest absolute Gasteiger partial charge is 0.120 e. The molecule has 62 valence electrons. The Labute approximate surface area is 70.0 Å². The average molecular weight is 163 g/mol. The lowest BCUT2D eigenvalue weighted by Gasteiger charge is -2.20. The summed E-state index contributed by atoms with van der Waals surface area (Å²) in [6.45, 7) is 6.54. The Morgan fingerprint density at radius 3 is 2.10 bits per heavy atom. The summed E-state index contributed by atoms with van der Waals surface area (Å²) in [5, 5.41) is 0. The number of rotatable bonds is 5. The van der Waals surface area contributed by atoms with Gasteiger partial charge in [0, 0.05) is 4.87 Å². The highest BCUT2D eigenvalue weighted by Gasteiger charge is 2.17. The molecule has 0 aliphatic carbocycles. The summed E-state index contributed by atoms with van der Waals surface area (Å²) in [5.41, 5.74) is 0. The average Bonchev–Trinajstić information content (AvgIpc) is 1.84. The standard InChI is InChI=1S/C9H19Cl/c1-4-6-8-9(3,10)7-5-2/h4-8H2,1-3H3. The molecule has 0 saturated heterocycles. The zero-order valence-corrected chi connectivity index (χ0v) is 8.17. The molecule has 1 unspecified atom stereocenters. The van der Waals surface area contributed by atoms with E-state index in [9.17, 15) is 0 Å². The first-order valence-corrected chi connectivity index (χ1v) is 4.69. The summed E-state index contributed by atoms with van der Waals surface area (Å²) in [6, 6.07) is 0. The summed E-state index contributed by atoms with van der Waals surface area (Å²) in [6.07, 6.45) is 6.03. The Hall–Kier alpha value is 0.290. The molecule has 0 spiro atoms. The van der Waals surface area contributed by atoms with Crippen LogP contribution in [-0.2, 0) is 0 Å². The van der Waals surface area contributed by atoms with Gasteiger partial charge in [-0.05, 0) is 19.8 Å². The predicted molar refractivity (Wildman–Crippen MR) is 48.7 cm³/mol. The molecular weight excluding hydrogens is 144 g/mol. The fraction of sp³-hybridized carbons (Fsp3) is 1.00.